The number of rotatable bonds is 1. The van der Waals surface area contributed by atoms with Gasteiger partial charge < -0.3 is 9.94 Å². The summed E-state index contributed by atoms with van der Waals surface area (Å²) >= 11 is 0. The van der Waals surface area contributed by atoms with E-state index in [1.54, 1.807) is 29.4 Å². The number of hydrogen-bond donors (Lipinski definition) is 2. The Kier molecular flexibility index (Phi) is 1.60. The first-order valence-corrected chi connectivity index (χ1v) is 3.52. The Morgan fingerprint density at radius 3 is 3.00 bits per heavy atom. The minimum absolute atomic E-state index is 0.231. The van der Waals surface area contributed by atoms with Crippen molar-refractivity contribution < 1.29 is 9.94 Å². The van der Waals surface area contributed by atoms with Crippen LogP contribution in [0.15, 0.2) is 36.7 Å². The van der Waals surface area contributed by atoms with Crippen molar-refractivity contribution in [3.63, 3.8) is 0 Å². The van der Waals surface area contributed by atoms with E-state index in [0.717, 1.165) is 5.69 Å². The topological polar surface area (TPSA) is 44.7 Å². The number of anilines is 1. The number of hydrogen-bond acceptors (Lipinski definition) is 4. The molecule has 62 valence electrons. The molecule has 4 nitrogen and oxygen atoms in total. The summed E-state index contributed by atoms with van der Waals surface area (Å²) in [7, 11) is 0. The molecule has 0 saturated heterocycles. The summed E-state index contributed by atoms with van der Waals surface area (Å²) in [6, 6.07) is 6.86. The first kappa shape index (κ1) is 7.00. The van der Waals surface area contributed by atoms with Gasteiger partial charge in [-0.3, -0.25) is 0 Å². The third-order valence-corrected chi connectivity index (χ3v) is 1.54. The van der Waals surface area contributed by atoms with Gasteiger partial charge in [-0.05, 0) is 12.1 Å². The molecule has 0 aromatic heterocycles. The molecule has 1 aliphatic rings. The summed E-state index contributed by atoms with van der Waals surface area (Å²) in [5, 5.41) is 10.8. The van der Waals surface area contributed by atoms with Crippen LogP contribution in [-0.2, 0) is 4.84 Å². The van der Waals surface area contributed by atoms with Gasteiger partial charge in [-0.1, -0.05) is 11.7 Å². The van der Waals surface area contributed by atoms with Crippen LogP contribution in [0, 0.1) is 0 Å². The molecule has 0 bridgehead atoms. The molecule has 0 atom stereocenters. The van der Waals surface area contributed by atoms with Gasteiger partial charge in [0.15, 0.2) is 0 Å². The Bertz CT molecular complexity index is 312. The van der Waals surface area contributed by atoms with Crippen LogP contribution >= 0.6 is 0 Å². The van der Waals surface area contributed by atoms with Gasteiger partial charge in [0.25, 0.3) is 0 Å². The van der Waals surface area contributed by atoms with Gasteiger partial charge in [0.1, 0.15) is 12.0 Å². The first-order valence-electron chi connectivity index (χ1n) is 3.52. The average molecular weight is 164 g/mol. The fourth-order valence-electron chi connectivity index (χ4n) is 0.991. The molecule has 0 amide bonds. The molecule has 1 aromatic rings. The molecule has 2 N–H and O–H groups in total. The molecule has 0 aliphatic carbocycles. The van der Waals surface area contributed by atoms with Crippen molar-refractivity contribution in [1.29, 1.82) is 0 Å². The molecule has 12 heavy (non-hydrogen) atoms. The zero-order valence-corrected chi connectivity index (χ0v) is 6.27. The van der Waals surface area contributed by atoms with E-state index in [9.17, 15) is 0 Å². The summed E-state index contributed by atoms with van der Waals surface area (Å²) < 4.78 is 0. The van der Waals surface area contributed by atoms with Crippen molar-refractivity contribution in [3.8, 4) is 5.75 Å². The maximum atomic E-state index is 9.15. The van der Waals surface area contributed by atoms with E-state index in [1.807, 2.05) is 6.07 Å². The van der Waals surface area contributed by atoms with Gasteiger partial charge >= 0.3 is 0 Å². The van der Waals surface area contributed by atoms with Crippen molar-refractivity contribution in [3.05, 3.63) is 36.7 Å². The van der Waals surface area contributed by atoms with E-state index >= 15 is 0 Å². The molecule has 0 spiro atoms. The van der Waals surface area contributed by atoms with Gasteiger partial charge in [0, 0.05) is 6.07 Å². The van der Waals surface area contributed by atoms with Crippen molar-refractivity contribution >= 4 is 5.69 Å². The number of hydrazine groups is 1. The van der Waals surface area contributed by atoms with E-state index in [-0.39, 0.29) is 5.75 Å². The SMILES string of the molecule is Oc1cccc(N2C=CON2)c1. The number of benzene rings is 1. The second-order valence-electron chi connectivity index (χ2n) is 2.38. The summed E-state index contributed by atoms with van der Waals surface area (Å²) in [4.78, 5) is 4.77. The van der Waals surface area contributed by atoms with Crippen molar-refractivity contribution in [1.82, 2.24) is 5.59 Å². The molecule has 1 aliphatic heterocycles. The first-order chi connectivity index (χ1) is 5.86. The third-order valence-electron chi connectivity index (χ3n) is 1.54. The molecule has 4 heteroatoms. The minimum atomic E-state index is 0.231. The van der Waals surface area contributed by atoms with E-state index in [1.165, 1.54) is 6.26 Å². The fraction of sp³-hybridized carbons (Fsp3) is 0. The maximum Gasteiger partial charge on any atom is 0.131 e. The van der Waals surface area contributed by atoms with Crippen molar-refractivity contribution in [2.24, 2.45) is 0 Å². The van der Waals surface area contributed by atoms with Gasteiger partial charge in [-0.15, -0.1) is 0 Å². The smallest absolute Gasteiger partial charge is 0.131 e. The maximum absolute atomic E-state index is 9.15. The number of aromatic hydroxyl groups is 1. The summed E-state index contributed by atoms with van der Waals surface area (Å²) in [5.74, 6) is 0.231. The third kappa shape index (κ3) is 1.19. The van der Waals surface area contributed by atoms with Crippen molar-refractivity contribution in [2.75, 3.05) is 5.01 Å². The van der Waals surface area contributed by atoms with E-state index in [2.05, 4.69) is 5.59 Å². The zero-order chi connectivity index (χ0) is 8.39. The number of phenolic OH excluding ortho intramolecular Hbond substituents is 1. The monoisotopic (exact) mass is 164 g/mol. The highest BCUT2D eigenvalue weighted by molar-refractivity contribution is 5.51. The summed E-state index contributed by atoms with van der Waals surface area (Å²) in [6.45, 7) is 0. The highest BCUT2D eigenvalue weighted by atomic mass is 16.7. The van der Waals surface area contributed by atoms with Gasteiger partial charge in [0.2, 0.25) is 0 Å². The fourth-order valence-corrected chi connectivity index (χ4v) is 0.991. The van der Waals surface area contributed by atoms with Crippen LogP contribution in [-0.4, -0.2) is 5.11 Å². The standard InChI is InChI=1S/C8H8N2O2/c11-8-3-1-2-7(6-8)10-4-5-12-9-10/h1-6,9,11H. The predicted molar refractivity (Wildman–Crippen MR) is 43.9 cm³/mol. The van der Waals surface area contributed by atoms with E-state index < -0.39 is 0 Å². The Morgan fingerprint density at radius 2 is 2.33 bits per heavy atom. The van der Waals surface area contributed by atoms with Crippen LogP contribution in [0.3, 0.4) is 0 Å². The molecule has 0 saturated carbocycles. The lowest BCUT2D eigenvalue weighted by molar-refractivity contribution is 0.159. The van der Waals surface area contributed by atoms with E-state index in [4.69, 9.17) is 9.94 Å². The molecular weight excluding hydrogens is 156 g/mol. The second kappa shape index (κ2) is 2.75. The van der Waals surface area contributed by atoms with Crippen LogP contribution in [0.25, 0.3) is 0 Å². The lowest BCUT2D eigenvalue weighted by Gasteiger charge is -2.13. The lowest BCUT2D eigenvalue weighted by Crippen LogP contribution is -2.26. The van der Waals surface area contributed by atoms with Crippen LogP contribution in [0.1, 0.15) is 0 Å². The molecule has 1 aromatic carbocycles. The van der Waals surface area contributed by atoms with E-state index in [0.29, 0.717) is 0 Å². The summed E-state index contributed by atoms with van der Waals surface area (Å²) in [6.07, 6.45) is 3.23. The Balaban J connectivity index is 2.27. The zero-order valence-electron chi connectivity index (χ0n) is 6.27. The number of nitrogens with zero attached hydrogens (tertiary/aromatic N) is 1. The average Bonchev–Trinajstić information content (AvgIpc) is 2.56. The molecule has 2 rings (SSSR count). The molecule has 1 heterocycles. The van der Waals surface area contributed by atoms with Crippen molar-refractivity contribution in [2.45, 2.75) is 0 Å². The molecule has 0 fully saturated rings. The van der Waals surface area contributed by atoms with Crippen LogP contribution in [0.4, 0.5) is 5.69 Å². The molecule has 0 radical (unpaired) electrons. The van der Waals surface area contributed by atoms with Crippen LogP contribution < -0.4 is 10.6 Å². The van der Waals surface area contributed by atoms with Gasteiger partial charge in [-0.25, -0.2) is 5.01 Å². The second-order valence-corrected chi connectivity index (χ2v) is 2.38. The Hall–Kier alpha value is -1.68. The summed E-state index contributed by atoms with van der Waals surface area (Å²) in [5.41, 5.74) is 3.43. The Labute approximate surface area is 69.6 Å². The molecule has 0 unspecified atom stereocenters. The predicted octanol–water partition coefficient (Wildman–Crippen LogP) is 1.12. The number of phenols is 1. The number of nitrogens with one attached hydrogen (secondary N) is 1. The highest BCUT2D eigenvalue weighted by Crippen LogP contribution is 2.19. The van der Waals surface area contributed by atoms with Crippen LogP contribution in [0.2, 0.25) is 0 Å². The van der Waals surface area contributed by atoms with Gasteiger partial charge in [0.05, 0.1) is 11.9 Å². The largest absolute Gasteiger partial charge is 0.508 e. The minimum Gasteiger partial charge on any atom is -0.508 e. The normalized spacial score (nSPS) is 14.8. The quantitative estimate of drug-likeness (QED) is 0.652. The lowest BCUT2D eigenvalue weighted by atomic mass is 10.3. The Morgan fingerprint density at radius 1 is 1.42 bits per heavy atom. The molecular formula is C8H8N2O2. The van der Waals surface area contributed by atoms with Gasteiger partial charge in [-0.2, -0.15) is 0 Å². The highest BCUT2D eigenvalue weighted by Gasteiger charge is 2.06. The van der Waals surface area contributed by atoms with Crippen LogP contribution in [0.5, 0.6) is 5.75 Å².